The number of hydrogen-bond acceptors (Lipinski definition) is 24. The summed E-state index contributed by atoms with van der Waals surface area (Å²) in [5, 5.41) is 44.4. The quantitative estimate of drug-likeness (QED) is 0.0224. The van der Waals surface area contributed by atoms with Crippen molar-refractivity contribution in [3.63, 3.8) is 0 Å². The Bertz CT molecular complexity index is 3150. The molecule has 5 rings (SSSR count). The van der Waals surface area contributed by atoms with Crippen molar-refractivity contribution in [1.82, 2.24) is 65.4 Å². The van der Waals surface area contributed by atoms with E-state index in [9.17, 15) is 85.8 Å². The van der Waals surface area contributed by atoms with Gasteiger partial charge in [0.05, 0.1) is 65.0 Å². The molecule has 17 N–H and O–H groups in total. The minimum absolute atomic E-state index is 0.0207. The van der Waals surface area contributed by atoms with Crippen LogP contribution in [0, 0.1) is 13.8 Å². The van der Waals surface area contributed by atoms with Crippen LogP contribution in [0.25, 0.3) is 10.9 Å². The number of carboxylic acid groups (broad SMARTS) is 3. The van der Waals surface area contributed by atoms with Crippen molar-refractivity contribution >= 4 is 98.0 Å². The normalized spacial score (nSPS) is 15.7. The molecule has 3 atom stereocenters. The number of aromatic nitrogens is 3. The number of benzene rings is 2. The van der Waals surface area contributed by atoms with Crippen LogP contribution in [0.4, 0.5) is 5.95 Å². The van der Waals surface area contributed by atoms with Gasteiger partial charge in [-0.05, 0) is 79.7 Å². The summed E-state index contributed by atoms with van der Waals surface area (Å²) in [6, 6.07) is 3.53. The Morgan fingerprint density at radius 3 is 1.82 bits per heavy atom. The molecule has 0 aliphatic carbocycles. The smallest absolute Gasteiger partial charge is 0.323 e. The van der Waals surface area contributed by atoms with Crippen molar-refractivity contribution in [3.05, 3.63) is 81.4 Å². The van der Waals surface area contributed by atoms with E-state index in [0.717, 1.165) is 28.6 Å². The maximum Gasteiger partial charge on any atom is 0.323 e. The summed E-state index contributed by atoms with van der Waals surface area (Å²) in [4.78, 5) is 130. The van der Waals surface area contributed by atoms with Crippen LogP contribution < -0.4 is 46.8 Å². The zero-order valence-corrected chi connectivity index (χ0v) is 52.7. The Kier molecular flexibility index (Phi) is 29.0. The van der Waals surface area contributed by atoms with Crippen LogP contribution in [0.5, 0.6) is 5.75 Å². The highest BCUT2D eigenvalue weighted by Crippen LogP contribution is 2.35. The molecule has 3 heterocycles. The number of H-pyrrole nitrogens is 1. The second-order valence-electron chi connectivity index (χ2n) is 21.3. The lowest BCUT2D eigenvalue weighted by molar-refractivity contribution is -0.140. The number of aliphatic carboxylic acids is 3. The number of ether oxygens (including phenoxy) is 1. The van der Waals surface area contributed by atoms with Crippen LogP contribution in [-0.4, -0.2) is 259 Å². The lowest BCUT2D eigenvalue weighted by atomic mass is 10.1. The number of carbonyl (C=O) groups is 8. The SMILES string of the molecule is CCN1CCN(CC(=O)O)CCN(CC(=O)O)CCN(CC(=O)N[C@@H](CS(O)(O)O)C(=O)N[C@@H](CS(O)(O)O)C(=O)NCCNC(=O)CCCOc2cc(C)c(SN[C@@H](CNC(=O)c3cn(C)c4cc(CNc5ncc[nH]5)ccc4c3=O)C(=O)O)c(C)c2)CC1. The Labute approximate surface area is 525 Å². The molecule has 5 amide bonds. The highest BCUT2D eigenvalue weighted by atomic mass is 32.3. The molecule has 36 heteroatoms. The van der Waals surface area contributed by atoms with Gasteiger partial charge in [-0.25, -0.2) is 9.71 Å². The minimum Gasteiger partial charge on any atom is -0.494 e. The van der Waals surface area contributed by atoms with Crippen LogP contribution in [0.3, 0.4) is 0 Å². The maximum atomic E-state index is 13.6. The van der Waals surface area contributed by atoms with Gasteiger partial charge < -0.3 is 93.7 Å². The Balaban J connectivity index is 1.07. The van der Waals surface area contributed by atoms with Gasteiger partial charge in [0.1, 0.15) is 29.4 Å². The van der Waals surface area contributed by atoms with Crippen molar-refractivity contribution in [2.24, 2.45) is 7.05 Å². The average Bonchev–Trinajstić information content (AvgIpc) is 0.885. The first kappa shape index (κ1) is 73.6. The number of pyridine rings is 1. The molecule has 0 radical (unpaired) electrons. The van der Waals surface area contributed by atoms with Gasteiger partial charge in [0.2, 0.25) is 29.1 Å². The zero-order chi connectivity index (χ0) is 66.3. The van der Waals surface area contributed by atoms with Crippen molar-refractivity contribution in [1.29, 1.82) is 0 Å². The summed E-state index contributed by atoms with van der Waals surface area (Å²) >= 11 is 1.04. The monoisotopic (exact) mass is 1330 g/mol. The molecule has 1 saturated heterocycles. The van der Waals surface area contributed by atoms with Gasteiger partial charge in [0.15, 0.2) is 5.95 Å². The number of aromatic amines is 1. The predicted octanol–water partition coefficient (Wildman–Crippen LogP) is 0.189. The number of carboxylic acids is 3. The van der Waals surface area contributed by atoms with Crippen LogP contribution >= 0.6 is 33.7 Å². The number of nitrogens with zero attached hydrogens (tertiary/aromatic N) is 6. The van der Waals surface area contributed by atoms with E-state index in [1.54, 1.807) is 76.8 Å². The minimum atomic E-state index is -4.51. The Hall–Kier alpha value is -7.17. The van der Waals surface area contributed by atoms with Crippen LogP contribution in [0.15, 0.2) is 58.6 Å². The van der Waals surface area contributed by atoms with E-state index in [4.69, 9.17) is 4.74 Å². The molecule has 4 aromatic rings. The largest absolute Gasteiger partial charge is 0.494 e. The average molecular weight is 1330 g/mol. The first-order valence-corrected chi connectivity index (χ1v) is 32.6. The van der Waals surface area contributed by atoms with Crippen molar-refractivity contribution < 1.29 is 85.7 Å². The van der Waals surface area contributed by atoms with Crippen LogP contribution in [0.2, 0.25) is 0 Å². The third-order valence-electron chi connectivity index (χ3n) is 14.0. The number of aryl methyl sites for hydroxylation is 3. The lowest BCUT2D eigenvalue weighted by Crippen LogP contribution is -2.58. The van der Waals surface area contributed by atoms with Crippen LogP contribution in [0.1, 0.15) is 46.8 Å². The second-order valence-corrected chi connectivity index (χ2v) is 25.3. The number of fused-ring (bicyclic) bond motifs is 1. The molecule has 0 bridgehead atoms. The number of carbonyl (C=O) groups excluding carboxylic acids is 5. The molecular formula is C54H82N14O19S3. The van der Waals surface area contributed by atoms with E-state index < -0.39 is 111 Å². The summed E-state index contributed by atoms with van der Waals surface area (Å²) in [6.07, 6.45) is 4.92. The fraction of sp³-hybridized carbons (Fsp3) is 0.519. The van der Waals surface area contributed by atoms with Gasteiger partial charge in [0, 0.05) is 121 Å². The van der Waals surface area contributed by atoms with Gasteiger partial charge >= 0.3 is 17.9 Å². The molecule has 1 aliphatic rings. The topological polar surface area (TPSA) is 476 Å². The van der Waals surface area contributed by atoms with Gasteiger partial charge in [-0.1, -0.05) is 13.0 Å². The Morgan fingerprint density at radius 1 is 0.711 bits per heavy atom. The summed E-state index contributed by atoms with van der Waals surface area (Å²) < 4.78 is 70.0. The molecule has 0 unspecified atom stereocenters. The molecule has 90 heavy (non-hydrogen) atoms. The lowest BCUT2D eigenvalue weighted by Gasteiger charge is -2.33. The van der Waals surface area contributed by atoms with E-state index in [1.165, 1.54) is 6.20 Å². The summed E-state index contributed by atoms with van der Waals surface area (Å²) in [7, 11) is -7.31. The summed E-state index contributed by atoms with van der Waals surface area (Å²) in [5.41, 5.74) is 2.23. The van der Waals surface area contributed by atoms with E-state index in [-0.39, 0.29) is 90.5 Å². The Morgan fingerprint density at radius 2 is 1.28 bits per heavy atom. The fourth-order valence-electron chi connectivity index (χ4n) is 9.40. The van der Waals surface area contributed by atoms with E-state index >= 15 is 0 Å². The van der Waals surface area contributed by atoms with Gasteiger partial charge in [0.25, 0.3) is 5.91 Å². The molecular weight excluding hydrogens is 1240 g/mol. The number of amides is 5. The molecule has 0 spiro atoms. The van der Waals surface area contributed by atoms with Crippen molar-refractivity contribution in [2.45, 2.75) is 63.2 Å². The molecule has 2 aromatic heterocycles. The van der Waals surface area contributed by atoms with Gasteiger partial charge in [-0.2, -0.15) is 0 Å². The highest BCUT2D eigenvalue weighted by Gasteiger charge is 2.34. The fourth-order valence-corrected chi connectivity index (χ4v) is 11.7. The molecule has 2 aromatic carbocycles. The van der Waals surface area contributed by atoms with Gasteiger partial charge in [-0.15, -0.1) is 0 Å². The van der Waals surface area contributed by atoms with Gasteiger partial charge in [-0.3, -0.25) is 57.9 Å². The zero-order valence-electron chi connectivity index (χ0n) is 50.2. The highest BCUT2D eigenvalue weighted by molar-refractivity contribution is 8.19. The summed E-state index contributed by atoms with van der Waals surface area (Å²) in [6.45, 7) is 6.83. The number of imidazole rings is 1. The molecule has 500 valence electrons. The summed E-state index contributed by atoms with van der Waals surface area (Å²) in [5.74, 6) is -9.17. The third-order valence-corrected chi connectivity index (χ3v) is 16.9. The number of likely N-dealkylation sites (N-methyl/N-ethyl adjacent to an activating group) is 1. The first-order chi connectivity index (χ1) is 42.5. The van der Waals surface area contributed by atoms with Crippen molar-refractivity contribution in [3.8, 4) is 5.75 Å². The predicted molar refractivity (Wildman–Crippen MR) is 336 cm³/mol. The number of nitrogens with one attached hydrogen (secondary N) is 8. The third kappa shape index (κ3) is 25.6. The number of anilines is 1. The molecule has 0 saturated carbocycles. The second kappa shape index (κ2) is 35.4. The molecule has 33 nitrogen and oxygen atoms in total. The van der Waals surface area contributed by atoms with E-state index in [1.807, 2.05) is 17.9 Å². The van der Waals surface area contributed by atoms with E-state index in [2.05, 4.69) is 46.6 Å². The standard InChI is InChI=1S/C54H82N14O19S3/c1-5-65-14-16-66(18-19-68(31-47(73)74)21-20-67(17-15-65)30-46(71)72)29-45(70)61-42(33-90(84,85)86)52(78)62-41(32-89(81,82)83)51(77)56-11-10-55-44(69)7-6-22-87-37-23-34(2)49(35(3)24-37)88-63-40(53(79)80)27-59-50(76)39-28-64(4)43-25-36(8-9-38(43)48(39)75)26-60-54-57-12-13-58-54/h8-9,12-13,23-25,28,40-42,63,81-86H,5-7,10-11,14-22,26-27,29-33H2,1-4H3,(H,55,69)(H,56,77)(H,59,76)(H,61,70)(H,62,78)(H,71,72)(H,73,74)(H,79,80)(H2,57,58,60)/t40-,41-,42-/m0/s1. The van der Waals surface area contributed by atoms with E-state index in [0.29, 0.717) is 60.2 Å². The molecule has 1 aliphatic heterocycles. The number of hydrogen-bond donors (Lipinski definition) is 17. The van der Waals surface area contributed by atoms with Crippen molar-refractivity contribution in [2.75, 3.05) is 122 Å². The van der Waals surface area contributed by atoms with Crippen LogP contribution in [-0.2, 0) is 47.2 Å². The first-order valence-electron chi connectivity index (χ1n) is 28.4. The molecule has 1 fully saturated rings. The number of rotatable bonds is 33. The maximum absolute atomic E-state index is 13.6.